The lowest BCUT2D eigenvalue weighted by atomic mass is 9.95. The Kier molecular flexibility index (Phi) is 10.6. The Labute approximate surface area is 157 Å². The Balaban J connectivity index is 0.000000201. The van der Waals surface area contributed by atoms with E-state index in [0.717, 1.165) is 24.6 Å². The zero-order valence-corrected chi connectivity index (χ0v) is 16.6. The van der Waals surface area contributed by atoms with Crippen molar-refractivity contribution in [2.75, 3.05) is 26.2 Å². The van der Waals surface area contributed by atoms with Crippen molar-refractivity contribution < 1.29 is 5.11 Å². The molecule has 4 nitrogen and oxygen atoms in total. The SMILES string of the molecule is CC[C@@H]1CN(CC)C[C@@H]1CO.Cc1ccc(=O)[nH]c1.Cc1ccccc1. The molecule has 0 amide bonds. The third-order valence-electron chi connectivity index (χ3n) is 4.74. The van der Waals surface area contributed by atoms with Crippen LogP contribution in [0.15, 0.2) is 53.5 Å². The molecule has 2 aromatic rings. The normalized spacial score (nSPS) is 19.1. The zero-order valence-electron chi connectivity index (χ0n) is 16.6. The first-order valence-electron chi connectivity index (χ1n) is 9.50. The van der Waals surface area contributed by atoms with E-state index in [1.54, 1.807) is 12.3 Å². The van der Waals surface area contributed by atoms with Crippen LogP contribution in [0.5, 0.6) is 0 Å². The Bertz CT molecular complexity index is 622. The second kappa shape index (κ2) is 12.4. The van der Waals surface area contributed by atoms with Crippen LogP contribution in [0.25, 0.3) is 0 Å². The number of H-pyrrole nitrogens is 1. The number of nitrogens with one attached hydrogen (secondary N) is 1. The summed E-state index contributed by atoms with van der Waals surface area (Å²) in [7, 11) is 0. The van der Waals surface area contributed by atoms with Gasteiger partial charge in [0, 0.05) is 32.0 Å². The molecule has 3 rings (SSSR count). The minimum atomic E-state index is -0.0457. The quantitative estimate of drug-likeness (QED) is 0.881. The van der Waals surface area contributed by atoms with E-state index in [0.29, 0.717) is 12.5 Å². The average molecular weight is 359 g/mol. The number of aryl methyl sites for hydroxylation is 2. The molecule has 1 saturated heterocycles. The second-order valence-corrected chi connectivity index (χ2v) is 6.85. The number of nitrogens with zero attached hydrogens (tertiary/aromatic N) is 1. The van der Waals surface area contributed by atoms with E-state index < -0.39 is 0 Å². The van der Waals surface area contributed by atoms with Crippen molar-refractivity contribution in [2.24, 2.45) is 11.8 Å². The molecule has 144 valence electrons. The third kappa shape index (κ3) is 8.45. The molecular weight excluding hydrogens is 324 g/mol. The molecule has 1 fully saturated rings. The second-order valence-electron chi connectivity index (χ2n) is 6.85. The molecule has 2 atom stereocenters. The van der Waals surface area contributed by atoms with Gasteiger partial charge in [-0.05, 0) is 37.8 Å². The lowest BCUT2D eigenvalue weighted by molar-refractivity contribution is 0.199. The summed E-state index contributed by atoms with van der Waals surface area (Å²) in [5, 5.41) is 9.05. The molecule has 1 aliphatic heterocycles. The monoisotopic (exact) mass is 358 g/mol. The van der Waals surface area contributed by atoms with Gasteiger partial charge in [-0.2, -0.15) is 0 Å². The van der Waals surface area contributed by atoms with E-state index in [-0.39, 0.29) is 5.56 Å². The molecule has 26 heavy (non-hydrogen) atoms. The fourth-order valence-corrected chi connectivity index (χ4v) is 2.99. The average Bonchev–Trinajstić information content (AvgIpc) is 3.08. The fourth-order valence-electron chi connectivity index (χ4n) is 2.99. The summed E-state index contributed by atoms with van der Waals surface area (Å²) >= 11 is 0. The highest BCUT2D eigenvalue weighted by atomic mass is 16.3. The van der Waals surface area contributed by atoms with Gasteiger partial charge in [0.15, 0.2) is 0 Å². The van der Waals surface area contributed by atoms with E-state index >= 15 is 0 Å². The summed E-state index contributed by atoms with van der Waals surface area (Å²) in [5.74, 6) is 1.28. The molecule has 4 heteroatoms. The van der Waals surface area contributed by atoms with Crippen LogP contribution in [0.4, 0.5) is 0 Å². The Morgan fingerprint density at radius 1 is 1.00 bits per heavy atom. The van der Waals surface area contributed by atoms with Crippen LogP contribution in [0.1, 0.15) is 31.4 Å². The predicted molar refractivity (Wildman–Crippen MR) is 109 cm³/mol. The lowest BCUT2D eigenvalue weighted by Crippen LogP contribution is -2.20. The Morgan fingerprint density at radius 3 is 2.00 bits per heavy atom. The number of hydrogen-bond acceptors (Lipinski definition) is 3. The van der Waals surface area contributed by atoms with Crippen molar-refractivity contribution in [1.29, 1.82) is 0 Å². The summed E-state index contributed by atoms with van der Waals surface area (Å²) in [6.45, 7) is 12.2. The molecule has 1 aromatic carbocycles. The molecule has 0 radical (unpaired) electrons. The van der Waals surface area contributed by atoms with Gasteiger partial charge in [-0.1, -0.05) is 62.2 Å². The van der Waals surface area contributed by atoms with E-state index in [1.165, 1.54) is 24.6 Å². The summed E-state index contributed by atoms with van der Waals surface area (Å²) in [5.41, 5.74) is 2.35. The van der Waals surface area contributed by atoms with Gasteiger partial charge < -0.3 is 15.0 Å². The number of benzene rings is 1. The van der Waals surface area contributed by atoms with Crippen molar-refractivity contribution in [3.8, 4) is 0 Å². The molecule has 2 N–H and O–H groups in total. The van der Waals surface area contributed by atoms with Crippen LogP contribution in [-0.4, -0.2) is 41.2 Å². The highest BCUT2D eigenvalue weighted by molar-refractivity contribution is 5.11. The van der Waals surface area contributed by atoms with Crippen molar-refractivity contribution in [3.63, 3.8) is 0 Å². The topological polar surface area (TPSA) is 56.3 Å². The van der Waals surface area contributed by atoms with Gasteiger partial charge in [-0.15, -0.1) is 0 Å². The molecule has 0 spiro atoms. The first kappa shape index (κ1) is 22.1. The molecular formula is C22H34N2O2. The summed E-state index contributed by atoms with van der Waals surface area (Å²) in [6.07, 6.45) is 2.89. The first-order valence-corrected chi connectivity index (χ1v) is 9.50. The lowest BCUT2D eigenvalue weighted by Gasteiger charge is -2.12. The number of aliphatic hydroxyl groups is 1. The highest BCUT2D eigenvalue weighted by Gasteiger charge is 2.29. The van der Waals surface area contributed by atoms with Crippen molar-refractivity contribution in [3.05, 3.63) is 70.1 Å². The van der Waals surface area contributed by atoms with Gasteiger partial charge in [0.1, 0.15) is 0 Å². The van der Waals surface area contributed by atoms with E-state index in [1.807, 2.05) is 25.1 Å². The molecule has 0 unspecified atom stereocenters. The minimum Gasteiger partial charge on any atom is -0.396 e. The van der Waals surface area contributed by atoms with Crippen LogP contribution >= 0.6 is 0 Å². The van der Waals surface area contributed by atoms with E-state index in [9.17, 15) is 4.79 Å². The molecule has 0 bridgehead atoms. The minimum absolute atomic E-state index is 0.0457. The largest absolute Gasteiger partial charge is 0.396 e. The van der Waals surface area contributed by atoms with Gasteiger partial charge in [0.25, 0.3) is 0 Å². The van der Waals surface area contributed by atoms with Gasteiger partial charge in [-0.3, -0.25) is 4.79 Å². The third-order valence-corrected chi connectivity index (χ3v) is 4.74. The van der Waals surface area contributed by atoms with E-state index in [4.69, 9.17) is 5.11 Å². The van der Waals surface area contributed by atoms with Crippen LogP contribution < -0.4 is 5.56 Å². The molecule has 1 aliphatic rings. The fraction of sp³-hybridized carbons (Fsp3) is 0.500. The number of likely N-dealkylation sites (tertiary alicyclic amines) is 1. The van der Waals surface area contributed by atoms with Crippen LogP contribution in [-0.2, 0) is 0 Å². The van der Waals surface area contributed by atoms with Crippen molar-refractivity contribution in [2.45, 2.75) is 34.1 Å². The number of pyridine rings is 1. The summed E-state index contributed by atoms with van der Waals surface area (Å²) < 4.78 is 0. The maximum absolute atomic E-state index is 10.4. The van der Waals surface area contributed by atoms with Gasteiger partial charge >= 0.3 is 0 Å². The van der Waals surface area contributed by atoms with Gasteiger partial charge in [-0.25, -0.2) is 0 Å². The smallest absolute Gasteiger partial charge is 0.247 e. The molecule has 0 aliphatic carbocycles. The van der Waals surface area contributed by atoms with Crippen molar-refractivity contribution >= 4 is 0 Å². The Morgan fingerprint density at radius 2 is 1.65 bits per heavy atom. The van der Waals surface area contributed by atoms with Crippen LogP contribution in [0.2, 0.25) is 0 Å². The first-order chi connectivity index (χ1) is 12.5. The van der Waals surface area contributed by atoms with E-state index in [2.05, 4.69) is 42.8 Å². The van der Waals surface area contributed by atoms with Gasteiger partial charge in [0.2, 0.25) is 5.56 Å². The highest BCUT2D eigenvalue weighted by Crippen LogP contribution is 2.24. The molecule has 2 heterocycles. The zero-order chi connectivity index (χ0) is 19.4. The number of rotatable bonds is 3. The summed E-state index contributed by atoms with van der Waals surface area (Å²) in [4.78, 5) is 15.3. The van der Waals surface area contributed by atoms with Crippen LogP contribution in [0.3, 0.4) is 0 Å². The Hall–Kier alpha value is -1.91. The maximum atomic E-state index is 10.4. The number of aromatic amines is 1. The van der Waals surface area contributed by atoms with Gasteiger partial charge in [0.05, 0.1) is 0 Å². The number of aromatic nitrogens is 1. The summed E-state index contributed by atoms with van der Waals surface area (Å²) in [6, 6.07) is 13.5. The van der Waals surface area contributed by atoms with Crippen LogP contribution in [0, 0.1) is 25.7 Å². The number of hydrogen-bond donors (Lipinski definition) is 2. The molecule has 0 saturated carbocycles. The predicted octanol–water partition coefficient (Wildman–Crippen LogP) is 3.63. The maximum Gasteiger partial charge on any atom is 0.247 e. The van der Waals surface area contributed by atoms with Crippen molar-refractivity contribution in [1.82, 2.24) is 9.88 Å². The standard InChI is InChI=1S/C9H19NO.C7H8.C6H7NO/c1-3-8-5-10(4-2)6-9(8)7-11;1-7-5-3-2-4-6-7;1-5-2-3-6(8)7-4-5/h8-9,11H,3-7H2,1-2H3;2-6H,1H3;2-4H,1H3,(H,7,8)/t8-,9-;;/m1../s1. The molecule has 1 aromatic heterocycles. The number of aliphatic hydroxyl groups excluding tert-OH is 1.